The van der Waals surface area contributed by atoms with Gasteiger partial charge in [-0.15, -0.1) is 0 Å². The maximum atomic E-state index is 11.9. The number of carbonyl (C=O) groups excluding carboxylic acids is 1. The molecule has 3 aromatic rings. The molecule has 0 bridgehead atoms. The second kappa shape index (κ2) is 8.46. The molecule has 2 heterocycles. The lowest BCUT2D eigenvalue weighted by molar-refractivity contribution is 0.100. The molecular formula is C19H20ClN9O. The summed E-state index contributed by atoms with van der Waals surface area (Å²) in [6, 6.07) is 5.06. The topological polar surface area (TPSA) is 147 Å². The molecule has 1 aliphatic carbocycles. The number of hydrogen-bond donors (Lipinski definition) is 4. The summed E-state index contributed by atoms with van der Waals surface area (Å²) in [5.74, 6) is -0.0801. The predicted molar refractivity (Wildman–Crippen MR) is 114 cm³/mol. The van der Waals surface area contributed by atoms with Crippen LogP contribution in [0.25, 0.3) is 5.69 Å². The number of amides is 1. The van der Waals surface area contributed by atoms with Crippen molar-refractivity contribution < 1.29 is 4.79 Å². The molecular weight excluding hydrogens is 406 g/mol. The number of nitrogens with one attached hydrogen (secondary N) is 3. The van der Waals surface area contributed by atoms with Crippen molar-refractivity contribution in [3.63, 3.8) is 0 Å². The quantitative estimate of drug-likeness (QED) is 0.474. The Balaban J connectivity index is 1.63. The smallest absolute Gasteiger partial charge is 0.254 e. The van der Waals surface area contributed by atoms with E-state index < -0.39 is 5.91 Å². The molecule has 154 valence electrons. The highest BCUT2D eigenvalue weighted by atomic mass is 35.5. The van der Waals surface area contributed by atoms with Crippen molar-refractivity contribution in [2.45, 2.75) is 31.7 Å². The fraction of sp³-hybridized carbons (Fsp3) is 0.263. The third-order valence-electron chi connectivity index (χ3n) is 4.81. The summed E-state index contributed by atoms with van der Waals surface area (Å²) in [5.41, 5.74) is 7.46. The van der Waals surface area contributed by atoms with Crippen molar-refractivity contribution in [3.8, 4) is 5.69 Å². The van der Waals surface area contributed by atoms with Crippen LogP contribution in [-0.2, 0) is 0 Å². The molecule has 0 spiro atoms. The third kappa shape index (κ3) is 4.23. The van der Waals surface area contributed by atoms with E-state index in [4.69, 9.17) is 22.7 Å². The van der Waals surface area contributed by atoms with Gasteiger partial charge in [0.05, 0.1) is 23.5 Å². The fourth-order valence-electron chi connectivity index (χ4n) is 3.28. The Morgan fingerprint density at radius 2 is 2.07 bits per heavy atom. The molecule has 4 rings (SSSR count). The first-order valence-electron chi connectivity index (χ1n) is 9.45. The highest BCUT2D eigenvalue weighted by Crippen LogP contribution is 2.27. The molecule has 5 N–H and O–H groups in total. The van der Waals surface area contributed by atoms with Gasteiger partial charge in [0.2, 0.25) is 5.95 Å². The predicted octanol–water partition coefficient (Wildman–Crippen LogP) is 2.93. The van der Waals surface area contributed by atoms with Gasteiger partial charge in [0, 0.05) is 17.6 Å². The van der Waals surface area contributed by atoms with Crippen molar-refractivity contribution >= 4 is 40.7 Å². The summed E-state index contributed by atoms with van der Waals surface area (Å²) >= 11 is 6.26. The second-order valence-corrected chi connectivity index (χ2v) is 7.31. The van der Waals surface area contributed by atoms with Crippen LogP contribution in [0.4, 0.5) is 17.5 Å². The van der Waals surface area contributed by atoms with Gasteiger partial charge < -0.3 is 21.8 Å². The Hall–Kier alpha value is -3.53. The molecule has 1 aromatic carbocycles. The van der Waals surface area contributed by atoms with Gasteiger partial charge in [0.25, 0.3) is 5.91 Å². The molecule has 0 aliphatic heterocycles. The molecule has 2 aromatic heterocycles. The number of carbonyl (C=O) groups is 1. The highest BCUT2D eigenvalue weighted by molar-refractivity contribution is 6.32. The summed E-state index contributed by atoms with van der Waals surface area (Å²) in [4.78, 5) is 21.9. The number of primary amides is 1. The van der Waals surface area contributed by atoms with E-state index in [1.54, 1.807) is 30.6 Å². The molecule has 10 nitrogen and oxygen atoms in total. The maximum absolute atomic E-state index is 11.9. The van der Waals surface area contributed by atoms with Gasteiger partial charge in [-0.2, -0.15) is 20.0 Å². The minimum Gasteiger partial charge on any atom is -0.365 e. The molecule has 1 saturated carbocycles. The number of rotatable bonds is 6. The van der Waals surface area contributed by atoms with Crippen molar-refractivity contribution in [1.82, 2.24) is 25.0 Å². The minimum absolute atomic E-state index is 0.112. The number of hydrogen-bond acceptors (Lipinski definition) is 8. The average Bonchev–Trinajstić information content (AvgIpc) is 3.26. The number of aromatic nitrogens is 5. The standard InChI is InChI=1S/C19H20ClN9O/c20-13-6-5-11(9-16(13)29-24-7-8-25-29)26-18-12(17(22)30)10-23-19(28-18)27-15-4-2-1-3-14(15)21/h5-10,15,21H,1-4H2,(H2,22,30)(H2,23,26,27,28)/t15-/m1/s1. The first-order chi connectivity index (χ1) is 14.5. The maximum Gasteiger partial charge on any atom is 0.254 e. The molecule has 0 saturated heterocycles. The van der Waals surface area contributed by atoms with E-state index in [-0.39, 0.29) is 17.4 Å². The van der Waals surface area contributed by atoms with E-state index in [0.717, 1.165) is 25.7 Å². The molecule has 1 fully saturated rings. The zero-order valence-electron chi connectivity index (χ0n) is 16.0. The Labute approximate surface area is 177 Å². The lowest BCUT2D eigenvalue weighted by atomic mass is 9.93. The highest BCUT2D eigenvalue weighted by Gasteiger charge is 2.21. The first kappa shape index (κ1) is 19.8. The minimum atomic E-state index is -0.655. The Morgan fingerprint density at radius 1 is 1.27 bits per heavy atom. The van der Waals surface area contributed by atoms with Gasteiger partial charge in [-0.05, 0) is 37.5 Å². The second-order valence-electron chi connectivity index (χ2n) is 6.90. The summed E-state index contributed by atoms with van der Waals surface area (Å²) in [5, 5.41) is 23.0. The lowest BCUT2D eigenvalue weighted by Crippen LogP contribution is -2.32. The van der Waals surface area contributed by atoms with Crippen LogP contribution in [0.15, 0.2) is 36.8 Å². The zero-order chi connectivity index (χ0) is 21.1. The van der Waals surface area contributed by atoms with Crippen LogP contribution in [0.3, 0.4) is 0 Å². The van der Waals surface area contributed by atoms with Crippen LogP contribution in [-0.4, -0.2) is 42.6 Å². The van der Waals surface area contributed by atoms with Crippen LogP contribution in [0.1, 0.15) is 36.0 Å². The van der Waals surface area contributed by atoms with E-state index >= 15 is 0 Å². The summed E-state index contributed by atoms with van der Waals surface area (Å²) < 4.78 is 0. The van der Waals surface area contributed by atoms with E-state index in [2.05, 4.69) is 30.8 Å². The Morgan fingerprint density at radius 3 is 2.80 bits per heavy atom. The van der Waals surface area contributed by atoms with Crippen molar-refractivity contribution in [2.75, 3.05) is 10.6 Å². The van der Waals surface area contributed by atoms with Crippen molar-refractivity contribution in [1.29, 1.82) is 5.41 Å². The van der Waals surface area contributed by atoms with Gasteiger partial charge in [-0.1, -0.05) is 18.0 Å². The molecule has 11 heteroatoms. The molecule has 0 unspecified atom stereocenters. The SMILES string of the molecule is N=C1CCCC[C@H]1Nc1ncc(C(N)=O)c(Nc2ccc(Cl)c(-n3nccn3)c2)n1. The lowest BCUT2D eigenvalue weighted by Gasteiger charge is -2.24. The van der Waals surface area contributed by atoms with E-state index in [0.29, 0.717) is 28.1 Å². The Bertz CT molecular complexity index is 1080. The number of benzene rings is 1. The monoisotopic (exact) mass is 425 g/mol. The molecule has 0 radical (unpaired) electrons. The third-order valence-corrected chi connectivity index (χ3v) is 5.13. The molecule has 1 aliphatic rings. The summed E-state index contributed by atoms with van der Waals surface area (Å²) in [6.07, 6.45) is 8.14. The summed E-state index contributed by atoms with van der Waals surface area (Å²) in [7, 11) is 0. The summed E-state index contributed by atoms with van der Waals surface area (Å²) in [6.45, 7) is 0. The fourth-order valence-corrected chi connectivity index (χ4v) is 3.47. The van der Waals surface area contributed by atoms with Crippen LogP contribution in [0.5, 0.6) is 0 Å². The van der Waals surface area contributed by atoms with Gasteiger partial charge in [-0.25, -0.2) is 4.98 Å². The van der Waals surface area contributed by atoms with E-state index in [1.165, 1.54) is 11.0 Å². The largest absolute Gasteiger partial charge is 0.365 e. The number of halogens is 1. The molecule has 1 atom stereocenters. The van der Waals surface area contributed by atoms with Crippen molar-refractivity contribution in [2.24, 2.45) is 5.73 Å². The zero-order valence-corrected chi connectivity index (χ0v) is 16.7. The molecule has 1 amide bonds. The number of nitrogens with two attached hydrogens (primary N) is 1. The normalized spacial score (nSPS) is 16.3. The van der Waals surface area contributed by atoms with Crippen LogP contribution in [0, 0.1) is 5.41 Å². The van der Waals surface area contributed by atoms with Crippen LogP contribution < -0.4 is 16.4 Å². The number of anilines is 3. The van der Waals surface area contributed by atoms with E-state index in [1.807, 2.05) is 0 Å². The van der Waals surface area contributed by atoms with E-state index in [9.17, 15) is 4.79 Å². The molecule has 30 heavy (non-hydrogen) atoms. The Kier molecular flexibility index (Phi) is 5.57. The van der Waals surface area contributed by atoms with Gasteiger partial charge in [0.1, 0.15) is 17.1 Å². The van der Waals surface area contributed by atoms with Crippen LogP contribution >= 0.6 is 11.6 Å². The van der Waals surface area contributed by atoms with Gasteiger partial charge in [0.15, 0.2) is 0 Å². The average molecular weight is 426 g/mol. The van der Waals surface area contributed by atoms with Crippen molar-refractivity contribution in [3.05, 3.63) is 47.4 Å². The van der Waals surface area contributed by atoms with Crippen LogP contribution in [0.2, 0.25) is 5.02 Å². The van der Waals surface area contributed by atoms with Gasteiger partial charge >= 0.3 is 0 Å². The first-order valence-corrected chi connectivity index (χ1v) is 9.83. The van der Waals surface area contributed by atoms with Gasteiger partial charge in [-0.3, -0.25) is 4.79 Å². The number of nitrogens with zero attached hydrogens (tertiary/aromatic N) is 5.